The highest BCUT2D eigenvalue weighted by Gasteiger charge is 2.19. The van der Waals surface area contributed by atoms with Crippen LogP contribution >= 0.6 is 11.8 Å². The zero-order valence-electron chi connectivity index (χ0n) is 13.2. The first-order chi connectivity index (χ1) is 11.5. The van der Waals surface area contributed by atoms with Crippen molar-refractivity contribution in [3.8, 4) is 0 Å². The van der Waals surface area contributed by atoms with Crippen LogP contribution in [0.3, 0.4) is 0 Å². The Balaban J connectivity index is 1.89. The van der Waals surface area contributed by atoms with Gasteiger partial charge in [0, 0.05) is 22.7 Å². The first-order valence-electron chi connectivity index (χ1n) is 7.57. The van der Waals surface area contributed by atoms with Crippen LogP contribution in [0.15, 0.2) is 52.3 Å². The van der Waals surface area contributed by atoms with Gasteiger partial charge in [0.25, 0.3) is 10.0 Å². The average molecular weight is 362 g/mol. The SMILES string of the molecule is CSc1cccc(NS(=O)(=O)c2ccc3c(c2)CCCC(=O)N3)c1. The third kappa shape index (κ3) is 3.73. The summed E-state index contributed by atoms with van der Waals surface area (Å²) < 4.78 is 27.9. The fourth-order valence-electron chi connectivity index (χ4n) is 2.62. The number of anilines is 2. The maximum atomic E-state index is 12.6. The van der Waals surface area contributed by atoms with Crippen LogP contribution in [0.5, 0.6) is 0 Å². The van der Waals surface area contributed by atoms with E-state index in [0.717, 1.165) is 10.5 Å². The molecule has 1 amide bonds. The van der Waals surface area contributed by atoms with Gasteiger partial charge in [0.05, 0.1) is 4.90 Å². The number of aryl methyl sites for hydroxylation is 1. The number of hydrogen-bond donors (Lipinski definition) is 2. The van der Waals surface area contributed by atoms with E-state index in [0.29, 0.717) is 30.6 Å². The van der Waals surface area contributed by atoms with Crippen molar-refractivity contribution in [2.75, 3.05) is 16.3 Å². The summed E-state index contributed by atoms with van der Waals surface area (Å²) in [5.74, 6) is -0.0311. The van der Waals surface area contributed by atoms with Gasteiger partial charge in [-0.15, -0.1) is 11.8 Å². The summed E-state index contributed by atoms with van der Waals surface area (Å²) in [7, 11) is -3.67. The summed E-state index contributed by atoms with van der Waals surface area (Å²) >= 11 is 1.55. The molecule has 0 aliphatic carbocycles. The molecule has 2 N–H and O–H groups in total. The highest BCUT2D eigenvalue weighted by Crippen LogP contribution is 2.27. The number of carbonyl (C=O) groups is 1. The van der Waals surface area contributed by atoms with E-state index in [1.807, 2.05) is 18.4 Å². The van der Waals surface area contributed by atoms with E-state index < -0.39 is 10.0 Å². The monoisotopic (exact) mass is 362 g/mol. The molecule has 1 aliphatic heterocycles. The number of rotatable bonds is 4. The Hall–Kier alpha value is -1.99. The lowest BCUT2D eigenvalue weighted by Gasteiger charge is -2.12. The van der Waals surface area contributed by atoms with Crippen LogP contribution in [0.1, 0.15) is 18.4 Å². The number of thioether (sulfide) groups is 1. The molecular weight excluding hydrogens is 344 g/mol. The fraction of sp³-hybridized carbons (Fsp3) is 0.235. The summed E-state index contributed by atoms with van der Waals surface area (Å²) in [6.07, 6.45) is 3.79. The molecule has 0 fully saturated rings. The van der Waals surface area contributed by atoms with E-state index in [1.54, 1.807) is 36.0 Å². The molecule has 1 aliphatic rings. The Morgan fingerprint density at radius 3 is 2.75 bits per heavy atom. The van der Waals surface area contributed by atoms with Crippen LogP contribution in [0.2, 0.25) is 0 Å². The van der Waals surface area contributed by atoms with E-state index in [-0.39, 0.29) is 10.8 Å². The molecule has 0 atom stereocenters. The minimum atomic E-state index is -3.67. The lowest BCUT2D eigenvalue weighted by atomic mass is 10.1. The second-order valence-corrected chi connectivity index (χ2v) is 8.12. The molecule has 2 aromatic rings. The van der Waals surface area contributed by atoms with Gasteiger partial charge in [-0.3, -0.25) is 9.52 Å². The summed E-state index contributed by atoms with van der Waals surface area (Å²) in [6.45, 7) is 0. The Labute approximate surface area is 145 Å². The second kappa shape index (κ2) is 6.86. The molecule has 0 aromatic heterocycles. The first-order valence-corrected chi connectivity index (χ1v) is 10.3. The standard InChI is InChI=1S/C17H18N2O3S2/c1-23-14-6-3-5-13(11-14)19-24(21,22)15-8-9-16-12(10-15)4-2-7-17(20)18-16/h3,5-6,8-11,19H,2,4,7H2,1H3,(H,18,20). The number of hydrogen-bond acceptors (Lipinski definition) is 4. The average Bonchev–Trinajstić information content (AvgIpc) is 2.74. The molecule has 0 spiro atoms. The second-order valence-electron chi connectivity index (χ2n) is 5.56. The van der Waals surface area contributed by atoms with Crippen LogP contribution in [-0.4, -0.2) is 20.6 Å². The summed E-state index contributed by atoms with van der Waals surface area (Å²) in [5.41, 5.74) is 2.08. The van der Waals surface area contributed by atoms with Gasteiger partial charge in [0.15, 0.2) is 0 Å². The quantitative estimate of drug-likeness (QED) is 0.817. The van der Waals surface area contributed by atoms with E-state index in [2.05, 4.69) is 10.0 Å². The molecule has 2 aromatic carbocycles. The van der Waals surface area contributed by atoms with E-state index in [4.69, 9.17) is 0 Å². The lowest BCUT2D eigenvalue weighted by molar-refractivity contribution is -0.116. The van der Waals surface area contributed by atoms with E-state index in [9.17, 15) is 13.2 Å². The third-order valence-electron chi connectivity index (χ3n) is 3.83. The predicted octanol–water partition coefficient (Wildman–Crippen LogP) is 3.48. The van der Waals surface area contributed by atoms with Gasteiger partial charge >= 0.3 is 0 Å². The molecule has 5 nitrogen and oxygen atoms in total. The molecule has 1 heterocycles. The van der Waals surface area contributed by atoms with Crippen molar-refractivity contribution in [1.82, 2.24) is 0 Å². The van der Waals surface area contributed by atoms with Crippen molar-refractivity contribution in [1.29, 1.82) is 0 Å². The van der Waals surface area contributed by atoms with Crippen molar-refractivity contribution >= 4 is 39.1 Å². The Kier molecular flexibility index (Phi) is 4.82. The van der Waals surface area contributed by atoms with Crippen LogP contribution in [0.25, 0.3) is 0 Å². The Bertz CT molecular complexity index is 879. The first kappa shape index (κ1) is 16.9. The summed E-state index contributed by atoms with van der Waals surface area (Å²) in [6, 6.07) is 12.1. The molecule has 126 valence electrons. The molecule has 0 bridgehead atoms. The Morgan fingerprint density at radius 1 is 1.12 bits per heavy atom. The molecule has 0 saturated heterocycles. The predicted molar refractivity (Wildman–Crippen MR) is 97.0 cm³/mol. The lowest BCUT2D eigenvalue weighted by Crippen LogP contribution is -2.14. The van der Waals surface area contributed by atoms with E-state index in [1.165, 1.54) is 6.07 Å². The molecule has 0 radical (unpaired) electrons. The summed E-state index contributed by atoms with van der Waals surface area (Å²) in [4.78, 5) is 12.8. The molecule has 24 heavy (non-hydrogen) atoms. The number of carbonyl (C=O) groups excluding carboxylic acids is 1. The maximum Gasteiger partial charge on any atom is 0.261 e. The van der Waals surface area contributed by atoms with Gasteiger partial charge in [-0.1, -0.05) is 6.07 Å². The number of fused-ring (bicyclic) bond motifs is 1. The number of nitrogens with one attached hydrogen (secondary N) is 2. The Morgan fingerprint density at radius 2 is 1.96 bits per heavy atom. The van der Waals surface area contributed by atoms with Gasteiger partial charge in [0.1, 0.15) is 0 Å². The highest BCUT2D eigenvalue weighted by molar-refractivity contribution is 7.98. The summed E-state index contributed by atoms with van der Waals surface area (Å²) in [5, 5.41) is 2.81. The smallest absolute Gasteiger partial charge is 0.261 e. The third-order valence-corrected chi connectivity index (χ3v) is 5.94. The molecular formula is C17H18N2O3S2. The zero-order chi connectivity index (χ0) is 17.2. The van der Waals surface area contributed by atoms with Gasteiger partial charge in [-0.05, 0) is 61.1 Å². The van der Waals surface area contributed by atoms with Crippen LogP contribution in [0.4, 0.5) is 11.4 Å². The zero-order valence-corrected chi connectivity index (χ0v) is 14.8. The van der Waals surface area contributed by atoms with Crippen molar-refractivity contribution in [2.24, 2.45) is 0 Å². The largest absolute Gasteiger partial charge is 0.326 e. The van der Waals surface area contributed by atoms with Crippen LogP contribution < -0.4 is 10.0 Å². The van der Waals surface area contributed by atoms with Crippen LogP contribution in [0, 0.1) is 0 Å². The fourth-order valence-corrected chi connectivity index (χ4v) is 4.18. The minimum Gasteiger partial charge on any atom is -0.326 e. The molecule has 0 saturated carbocycles. The van der Waals surface area contributed by atoms with Crippen LogP contribution in [-0.2, 0) is 21.2 Å². The van der Waals surface area contributed by atoms with Crippen molar-refractivity contribution in [3.05, 3.63) is 48.0 Å². The molecule has 7 heteroatoms. The highest BCUT2D eigenvalue weighted by atomic mass is 32.2. The molecule has 0 unspecified atom stereocenters. The molecule has 3 rings (SSSR count). The van der Waals surface area contributed by atoms with Crippen molar-refractivity contribution < 1.29 is 13.2 Å². The van der Waals surface area contributed by atoms with Gasteiger partial charge in [0.2, 0.25) is 5.91 Å². The normalized spacial score (nSPS) is 14.5. The number of benzene rings is 2. The van der Waals surface area contributed by atoms with Gasteiger partial charge in [-0.2, -0.15) is 0 Å². The van der Waals surface area contributed by atoms with Crippen molar-refractivity contribution in [2.45, 2.75) is 29.1 Å². The van der Waals surface area contributed by atoms with E-state index >= 15 is 0 Å². The number of amides is 1. The number of sulfonamides is 1. The van der Waals surface area contributed by atoms with Crippen molar-refractivity contribution in [3.63, 3.8) is 0 Å². The minimum absolute atomic E-state index is 0.0311. The van der Waals surface area contributed by atoms with Gasteiger partial charge < -0.3 is 5.32 Å². The topological polar surface area (TPSA) is 75.3 Å². The maximum absolute atomic E-state index is 12.6. The van der Waals surface area contributed by atoms with Gasteiger partial charge in [-0.25, -0.2) is 8.42 Å².